The van der Waals surface area contributed by atoms with E-state index in [4.69, 9.17) is 5.73 Å². The fraction of sp³-hybridized carbons (Fsp3) is 0.357. The minimum absolute atomic E-state index is 0.00186. The van der Waals surface area contributed by atoms with E-state index in [1.54, 1.807) is 109 Å². The van der Waals surface area contributed by atoms with Crippen molar-refractivity contribution in [2.24, 2.45) is 12.8 Å². The molecule has 1 saturated heterocycles. The smallest absolute Gasteiger partial charge is 0.397 e. The van der Waals surface area contributed by atoms with Gasteiger partial charge in [-0.2, -0.15) is 36.5 Å². The van der Waals surface area contributed by atoms with E-state index in [2.05, 4.69) is 41.5 Å². The van der Waals surface area contributed by atoms with E-state index < -0.39 is 35.3 Å². The summed E-state index contributed by atoms with van der Waals surface area (Å²) in [6.07, 6.45) is -0.485. The lowest BCUT2D eigenvalue weighted by atomic mass is 10.0. The van der Waals surface area contributed by atoms with Crippen LogP contribution in [0.1, 0.15) is 83.9 Å². The number of nitrogens with zero attached hydrogens (tertiary/aromatic N) is 11. The van der Waals surface area contributed by atoms with Crippen LogP contribution in [0, 0.1) is 20.8 Å². The molecule has 418 valence electrons. The second-order valence-corrected chi connectivity index (χ2v) is 20.3. The Morgan fingerprint density at radius 3 is 1.97 bits per heavy atom. The Labute approximate surface area is 454 Å². The first-order chi connectivity index (χ1) is 37.4. The Morgan fingerprint density at radius 1 is 0.772 bits per heavy atom. The van der Waals surface area contributed by atoms with Crippen molar-refractivity contribution < 1.29 is 35.9 Å². The fourth-order valence-electron chi connectivity index (χ4n) is 9.73. The molecule has 0 aliphatic carbocycles. The quantitative estimate of drug-likeness (QED) is 0.0475. The molecule has 5 N–H and O–H groups in total. The number of nitrogens with two attached hydrogens (primary N) is 1. The number of nitrogens with one attached hydrogen (secondary N) is 3. The van der Waals surface area contributed by atoms with Crippen molar-refractivity contribution in [3.8, 4) is 16.9 Å². The summed E-state index contributed by atoms with van der Waals surface area (Å²) in [4.78, 5) is 33.3. The van der Waals surface area contributed by atoms with E-state index in [0.717, 1.165) is 47.5 Å². The molecule has 0 bridgehead atoms. The Kier molecular flexibility index (Phi) is 17.1. The van der Waals surface area contributed by atoms with E-state index in [1.165, 1.54) is 28.9 Å². The molecule has 8 rings (SSSR count). The van der Waals surface area contributed by atoms with Gasteiger partial charge in [-0.1, -0.05) is 29.5 Å². The molecule has 4 heterocycles. The van der Waals surface area contributed by atoms with Gasteiger partial charge in [0.15, 0.2) is 0 Å². The van der Waals surface area contributed by atoms with E-state index in [0.29, 0.717) is 66.0 Å². The van der Waals surface area contributed by atoms with Crippen LogP contribution >= 0.6 is 0 Å². The molecular weight excluding hydrogens is 1030 g/mol. The van der Waals surface area contributed by atoms with Crippen molar-refractivity contribution in [1.29, 1.82) is 0 Å². The van der Waals surface area contributed by atoms with Crippen LogP contribution < -0.4 is 26.8 Å². The fourth-order valence-corrected chi connectivity index (χ4v) is 9.73. The number of hydrazine groups is 1. The molecule has 0 radical (unpaired) electrons. The third-order valence-electron chi connectivity index (χ3n) is 14.4. The number of alkyl halides is 6. The predicted octanol–water partition coefficient (Wildman–Crippen LogP) is 9.06. The van der Waals surface area contributed by atoms with Gasteiger partial charge in [0.25, 0.3) is 11.8 Å². The second kappa shape index (κ2) is 23.6. The van der Waals surface area contributed by atoms with Gasteiger partial charge in [-0.3, -0.25) is 28.9 Å². The second-order valence-electron chi connectivity index (χ2n) is 20.3. The highest BCUT2D eigenvalue weighted by Crippen LogP contribution is 2.37. The molecule has 0 unspecified atom stereocenters. The van der Waals surface area contributed by atoms with Crippen LogP contribution in [-0.4, -0.2) is 115 Å². The van der Waals surface area contributed by atoms with Gasteiger partial charge in [0, 0.05) is 91.0 Å². The number of likely N-dealkylation sites (tertiary alicyclic amines) is 1. The molecule has 1 aliphatic rings. The van der Waals surface area contributed by atoms with E-state index in [9.17, 15) is 35.9 Å². The van der Waals surface area contributed by atoms with Gasteiger partial charge in [-0.05, 0) is 152 Å². The first kappa shape index (κ1) is 57.3. The molecule has 3 aromatic heterocycles. The minimum atomic E-state index is -4.65. The van der Waals surface area contributed by atoms with Crippen molar-refractivity contribution in [3.05, 3.63) is 159 Å². The zero-order valence-corrected chi connectivity index (χ0v) is 45.6. The van der Waals surface area contributed by atoms with Crippen molar-refractivity contribution in [1.82, 2.24) is 54.7 Å². The Hall–Kier alpha value is -7.86. The highest BCUT2D eigenvalue weighted by atomic mass is 19.4. The van der Waals surface area contributed by atoms with Crippen LogP contribution in [0.2, 0.25) is 0 Å². The molecule has 7 aromatic rings. The van der Waals surface area contributed by atoms with Crippen molar-refractivity contribution in [2.75, 3.05) is 64.0 Å². The summed E-state index contributed by atoms with van der Waals surface area (Å²) in [7, 11) is 10.9. The number of halogens is 6. The summed E-state index contributed by atoms with van der Waals surface area (Å²) in [5.41, 5.74) is 15.1. The first-order valence-electron chi connectivity index (χ1n) is 25.6. The Bertz CT molecular complexity index is 3370. The lowest BCUT2D eigenvalue weighted by molar-refractivity contribution is -0.139. The molecule has 1 aliphatic heterocycles. The molecule has 0 atom stereocenters. The van der Waals surface area contributed by atoms with Gasteiger partial charge in [0.05, 0.1) is 46.8 Å². The molecule has 2 amide bonds. The van der Waals surface area contributed by atoms with Crippen LogP contribution in [0.25, 0.3) is 22.6 Å². The molecule has 79 heavy (non-hydrogen) atoms. The zero-order valence-electron chi connectivity index (χ0n) is 45.6. The number of rotatable bonds is 18. The van der Waals surface area contributed by atoms with E-state index in [-0.39, 0.29) is 46.7 Å². The van der Waals surface area contributed by atoms with Crippen LogP contribution in [0.5, 0.6) is 0 Å². The molecule has 0 saturated carbocycles. The number of hydrogen-bond acceptors (Lipinski definition) is 12. The third kappa shape index (κ3) is 13.4. The van der Waals surface area contributed by atoms with Crippen molar-refractivity contribution >= 4 is 34.6 Å². The van der Waals surface area contributed by atoms with E-state index in [1.807, 2.05) is 39.8 Å². The summed E-state index contributed by atoms with van der Waals surface area (Å²) in [5, 5.41) is 24.8. The SMILES string of the molecule is CNN(/C=C(\N)c1cnn(C)c1C)c1cc(C(=O)Nc2ccc(CN3CCC(N(C)C)CC3)c(C(F)(F)F)c2)ccc1CCn1ncc(-c2cn(-c3cc(C(=O)Nc4ccc(CN(C)C)c(C(F)(F)F)c4)ccc3C)nn2)c1C. The van der Waals surface area contributed by atoms with Crippen LogP contribution in [0.15, 0.2) is 97.6 Å². The molecular formula is C56H65F6N15O2. The predicted molar refractivity (Wildman–Crippen MR) is 292 cm³/mol. The maximum absolute atomic E-state index is 14.6. The maximum atomic E-state index is 14.6. The number of hydrogen-bond donors (Lipinski definition) is 4. The van der Waals surface area contributed by atoms with Gasteiger partial charge in [0.2, 0.25) is 0 Å². The summed E-state index contributed by atoms with van der Waals surface area (Å²) < 4.78 is 90.9. The number of anilines is 3. The lowest BCUT2D eigenvalue weighted by Gasteiger charge is -2.35. The summed E-state index contributed by atoms with van der Waals surface area (Å²) >= 11 is 0. The van der Waals surface area contributed by atoms with Gasteiger partial charge in [-0.15, -0.1) is 5.10 Å². The van der Waals surface area contributed by atoms with Gasteiger partial charge < -0.3 is 26.2 Å². The van der Waals surface area contributed by atoms with Gasteiger partial charge >= 0.3 is 12.4 Å². The van der Waals surface area contributed by atoms with Crippen molar-refractivity contribution in [3.63, 3.8) is 0 Å². The topological polar surface area (TPSA) is 176 Å². The number of piperidine rings is 1. The molecule has 23 heteroatoms. The Morgan fingerprint density at radius 2 is 1.38 bits per heavy atom. The number of carbonyl (C=O) groups excluding carboxylic acids is 2. The summed E-state index contributed by atoms with van der Waals surface area (Å²) in [5.74, 6) is -1.23. The minimum Gasteiger partial charge on any atom is -0.397 e. The monoisotopic (exact) mass is 1090 g/mol. The number of aromatic nitrogens is 7. The Balaban J connectivity index is 1.01. The average Bonchev–Trinajstić information content (AvgIpc) is 4.14. The summed E-state index contributed by atoms with van der Waals surface area (Å²) in [6, 6.07) is 18.0. The molecule has 17 nitrogen and oxygen atoms in total. The maximum Gasteiger partial charge on any atom is 0.416 e. The number of benzene rings is 4. The third-order valence-corrected chi connectivity index (χ3v) is 14.4. The first-order valence-corrected chi connectivity index (χ1v) is 25.6. The summed E-state index contributed by atoms with van der Waals surface area (Å²) in [6.45, 7) is 7.52. The lowest BCUT2D eigenvalue weighted by Crippen LogP contribution is -2.41. The molecule has 0 spiro atoms. The highest BCUT2D eigenvalue weighted by Gasteiger charge is 2.36. The largest absolute Gasteiger partial charge is 0.416 e. The van der Waals surface area contributed by atoms with Gasteiger partial charge in [-0.25, -0.2) is 10.1 Å². The number of amides is 2. The van der Waals surface area contributed by atoms with Crippen LogP contribution in [0.4, 0.5) is 43.4 Å². The molecule has 4 aromatic carbocycles. The van der Waals surface area contributed by atoms with Crippen molar-refractivity contribution in [2.45, 2.75) is 78.1 Å². The number of carbonyl (C=O) groups is 2. The highest BCUT2D eigenvalue weighted by molar-refractivity contribution is 6.05. The normalized spacial score (nSPS) is 13.9. The van der Waals surface area contributed by atoms with Crippen LogP contribution in [0.3, 0.4) is 0 Å². The van der Waals surface area contributed by atoms with E-state index >= 15 is 0 Å². The zero-order chi connectivity index (χ0) is 57.1. The van der Waals surface area contributed by atoms with Crippen LogP contribution in [-0.2, 0) is 45.5 Å². The van der Waals surface area contributed by atoms with Gasteiger partial charge in [0.1, 0.15) is 5.69 Å². The average molecular weight is 1090 g/mol. The standard InChI is InChI=1S/C56H65F6N15O2/c1-34-10-11-38(53(78)67-42-16-14-40(30-71(5)6)47(26-42)55(57,58)59)24-51(34)77-33-50(69-70-77)46-29-66-75(36(46)3)23-18-37-12-13-39(25-52(37)76(64-4)32-49(63)45-28-65-73(9)35(45)2)54(79)68-43-17-15-41(48(27-43)56(60,61)62)31-74-21-19-44(20-22-74)72(7)8/h10-17,24-29,32-33,44,64H,18-23,30-31,63H2,1-9H3,(H,67,78)(H,68,79)/b49-32-. The molecule has 1 fully saturated rings. The number of aryl methyl sites for hydroxylation is 4.